The van der Waals surface area contributed by atoms with Crippen LogP contribution in [0.2, 0.25) is 0 Å². The number of alkyl halides is 3. The highest BCUT2D eigenvalue weighted by atomic mass is 19.4. The fourth-order valence-electron chi connectivity index (χ4n) is 2.42. The van der Waals surface area contributed by atoms with Crippen molar-refractivity contribution in [1.82, 2.24) is 4.98 Å². The van der Waals surface area contributed by atoms with Crippen molar-refractivity contribution in [2.45, 2.75) is 38.3 Å². The highest BCUT2D eigenvalue weighted by molar-refractivity contribution is 5.81. The largest absolute Gasteiger partial charge is 0.494 e. The van der Waals surface area contributed by atoms with Gasteiger partial charge in [-0.05, 0) is 31.4 Å². The maximum absolute atomic E-state index is 12.2. The third-order valence-corrected chi connectivity index (χ3v) is 3.64. The van der Waals surface area contributed by atoms with E-state index in [0.29, 0.717) is 29.5 Å². The predicted molar refractivity (Wildman–Crippen MR) is 85.9 cm³/mol. The number of carboxylic acid groups (broad SMARTS) is 1. The van der Waals surface area contributed by atoms with Gasteiger partial charge in [-0.25, -0.2) is 0 Å². The van der Waals surface area contributed by atoms with Crippen molar-refractivity contribution in [3.8, 4) is 5.75 Å². The van der Waals surface area contributed by atoms with E-state index in [0.717, 1.165) is 0 Å². The summed E-state index contributed by atoms with van der Waals surface area (Å²) >= 11 is 0. The molecule has 0 saturated heterocycles. The first kappa shape index (κ1) is 18.8. The number of unbranched alkanes of at least 4 members (excludes halogenated alkanes) is 2. The normalized spacial score (nSPS) is 11.6. The zero-order chi connectivity index (χ0) is 18.4. The lowest BCUT2D eigenvalue weighted by molar-refractivity contribution is -0.137. The third-order valence-electron chi connectivity index (χ3n) is 3.64. The predicted octanol–water partition coefficient (Wildman–Crippen LogP) is 3.66. The molecule has 1 heterocycles. The minimum Gasteiger partial charge on any atom is -0.494 e. The van der Waals surface area contributed by atoms with Crippen molar-refractivity contribution in [2.75, 3.05) is 6.61 Å². The van der Waals surface area contributed by atoms with Gasteiger partial charge in [0.25, 0.3) is 0 Å². The molecule has 5 nitrogen and oxygen atoms in total. The Bertz CT molecular complexity index is 799. The van der Waals surface area contributed by atoms with Crippen LogP contribution in [0.5, 0.6) is 5.75 Å². The fraction of sp³-hybridized carbons (Fsp3) is 0.412. The van der Waals surface area contributed by atoms with Crippen LogP contribution in [0.15, 0.2) is 29.2 Å². The van der Waals surface area contributed by atoms with Crippen LogP contribution < -0.4 is 10.2 Å². The number of aliphatic carboxylic acids is 1. The second kappa shape index (κ2) is 8.04. The van der Waals surface area contributed by atoms with Gasteiger partial charge in [0.2, 0.25) is 0 Å². The van der Waals surface area contributed by atoms with E-state index in [1.54, 1.807) is 18.2 Å². The standard InChI is InChI=1S/C17H18F3NO4/c18-17(19,20)6-2-1-3-7-25-12-4-5-13-14(9-12)21-10-11(16(13)24)8-15(22)23/h4-5,9-10H,1-3,6-8H2,(H,21,24)(H,22,23). The maximum atomic E-state index is 12.2. The average Bonchev–Trinajstić information content (AvgIpc) is 2.52. The number of aromatic nitrogens is 1. The number of hydrogen-bond donors (Lipinski definition) is 2. The molecule has 0 bridgehead atoms. The molecule has 0 radical (unpaired) electrons. The lowest BCUT2D eigenvalue weighted by Crippen LogP contribution is -2.14. The molecule has 0 unspecified atom stereocenters. The van der Waals surface area contributed by atoms with Crippen LogP contribution in [0.4, 0.5) is 13.2 Å². The minimum absolute atomic E-state index is 0.0737. The molecule has 1 aromatic carbocycles. The summed E-state index contributed by atoms with van der Waals surface area (Å²) in [5.41, 5.74) is 0.321. The molecule has 0 aliphatic heterocycles. The average molecular weight is 357 g/mol. The number of halogens is 3. The first-order chi connectivity index (χ1) is 11.8. The first-order valence-electron chi connectivity index (χ1n) is 7.82. The van der Waals surface area contributed by atoms with Gasteiger partial charge in [-0.2, -0.15) is 13.2 Å². The highest BCUT2D eigenvalue weighted by Gasteiger charge is 2.25. The van der Waals surface area contributed by atoms with E-state index >= 15 is 0 Å². The van der Waals surface area contributed by atoms with Crippen molar-refractivity contribution in [1.29, 1.82) is 0 Å². The molecule has 0 saturated carbocycles. The molecule has 1 aromatic heterocycles. The summed E-state index contributed by atoms with van der Waals surface area (Å²) in [5.74, 6) is -0.597. The van der Waals surface area contributed by atoms with E-state index in [4.69, 9.17) is 9.84 Å². The molecule has 0 atom stereocenters. The van der Waals surface area contributed by atoms with Gasteiger partial charge in [0, 0.05) is 29.6 Å². The topological polar surface area (TPSA) is 79.4 Å². The number of rotatable bonds is 8. The van der Waals surface area contributed by atoms with Crippen molar-refractivity contribution in [2.24, 2.45) is 0 Å². The van der Waals surface area contributed by atoms with Gasteiger partial charge in [-0.15, -0.1) is 0 Å². The van der Waals surface area contributed by atoms with E-state index in [-0.39, 0.29) is 30.4 Å². The van der Waals surface area contributed by atoms with Gasteiger partial charge >= 0.3 is 12.1 Å². The number of carbonyl (C=O) groups is 1. The Labute approximate surface area is 141 Å². The summed E-state index contributed by atoms with van der Waals surface area (Å²) in [6.07, 6.45) is -2.91. The Morgan fingerprint density at radius 2 is 1.96 bits per heavy atom. The summed E-state index contributed by atoms with van der Waals surface area (Å²) in [7, 11) is 0. The van der Waals surface area contributed by atoms with Gasteiger partial charge in [0.1, 0.15) is 5.75 Å². The second-order valence-corrected chi connectivity index (χ2v) is 5.70. The Morgan fingerprint density at radius 3 is 2.64 bits per heavy atom. The summed E-state index contributed by atoms with van der Waals surface area (Å²) in [5, 5.41) is 9.13. The molecule has 0 amide bonds. The molecule has 25 heavy (non-hydrogen) atoms. The number of aromatic amines is 1. The monoisotopic (exact) mass is 357 g/mol. The molecular weight excluding hydrogens is 339 g/mol. The molecular formula is C17H18F3NO4. The van der Waals surface area contributed by atoms with Gasteiger partial charge < -0.3 is 14.8 Å². The number of ether oxygens (including phenoxy) is 1. The van der Waals surface area contributed by atoms with Gasteiger partial charge in [0.05, 0.1) is 18.5 Å². The van der Waals surface area contributed by atoms with Crippen LogP contribution in [-0.4, -0.2) is 28.8 Å². The fourth-order valence-corrected chi connectivity index (χ4v) is 2.42. The maximum Gasteiger partial charge on any atom is 0.389 e. The highest BCUT2D eigenvalue weighted by Crippen LogP contribution is 2.23. The molecule has 0 spiro atoms. The second-order valence-electron chi connectivity index (χ2n) is 5.70. The quantitative estimate of drug-likeness (QED) is 0.707. The Kier molecular flexibility index (Phi) is 6.06. The molecule has 0 aliphatic rings. The molecule has 2 aromatic rings. The van der Waals surface area contributed by atoms with E-state index in [1.807, 2.05) is 0 Å². The Morgan fingerprint density at radius 1 is 1.20 bits per heavy atom. The van der Waals surface area contributed by atoms with Crippen LogP contribution in [0.25, 0.3) is 10.9 Å². The van der Waals surface area contributed by atoms with Crippen molar-refractivity contribution in [3.05, 3.63) is 40.2 Å². The molecule has 136 valence electrons. The van der Waals surface area contributed by atoms with Crippen molar-refractivity contribution < 1.29 is 27.8 Å². The first-order valence-corrected chi connectivity index (χ1v) is 7.82. The Balaban J connectivity index is 1.93. The van der Waals surface area contributed by atoms with Crippen LogP contribution in [0.1, 0.15) is 31.2 Å². The van der Waals surface area contributed by atoms with Crippen LogP contribution in [0, 0.1) is 0 Å². The van der Waals surface area contributed by atoms with Crippen LogP contribution >= 0.6 is 0 Å². The molecule has 0 fully saturated rings. The van der Waals surface area contributed by atoms with E-state index in [2.05, 4.69) is 4.98 Å². The Hall–Kier alpha value is -2.51. The number of hydrogen-bond acceptors (Lipinski definition) is 3. The summed E-state index contributed by atoms with van der Waals surface area (Å²) in [4.78, 5) is 25.8. The molecule has 0 aliphatic carbocycles. The van der Waals surface area contributed by atoms with Crippen molar-refractivity contribution >= 4 is 16.9 Å². The van der Waals surface area contributed by atoms with E-state index in [9.17, 15) is 22.8 Å². The number of benzene rings is 1. The minimum atomic E-state index is -4.12. The zero-order valence-corrected chi connectivity index (χ0v) is 13.4. The van der Waals surface area contributed by atoms with E-state index < -0.39 is 18.6 Å². The number of fused-ring (bicyclic) bond motifs is 1. The van der Waals surface area contributed by atoms with Crippen molar-refractivity contribution in [3.63, 3.8) is 0 Å². The van der Waals surface area contributed by atoms with Crippen LogP contribution in [0.3, 0.4) is 0 Å². The van der Waals surface area contributed by atoms with Gasteiger partial charge in [-0.1, -0.05) is 0 Å². The molecule has 8 heteroatoms. The number of pyridine rings is 1. The lowest BCUT2D eigenvalue weighted by Gasteiger charge is -2.08. The summed E-state index contributed by atoms with van der Waals surface area (Å²) in [6, 6.07) is 4.73. The smallest absolute Gasteiger partial charge is 0.389 e. The number of H-pyrrole nitrogens is 1. The van der Waals surface area contributed by atoms with E-state index in [1.165, 1.54) is 6.20 Å². The lowest BCUT2D eigenvalue weighted by atomic mass is 10.1. The number of nitrogens with one attached hydrogen (secondary N) is 1. The van der Waals surface area contributed by atoms with Gasteiger partial charge in [-0.3, -0.25) is 9.59 Å². The summed E-state index contributed by atoms with van der Waals surface area (Å²) < 4.78 is 41.5. The zero-order valence-electron chi connectivity index (χ0n) is 13.4. The number of carboxylic acids is 1. The summed E-state index contributed by atoms with van der Waals surface area (Å²) in [6.45, 7) is 0.282. The third kappa shape index (κ3) is 5.81. The molecule has 2 N–H and O–H groups in total. The SMILES string of the molecule is O=C(O)Cc1c[nH]c2cc(OCCCCCC(F)(F)F)ccc2c1=O. The van der Waals surface area contributed by atoms with Gasteiger partial charge in [0.15, 0.2) is 5.43 Å². The van der Waals surface area contributed by atoms with Crippen LogP contribution in [-0.2, 0) is 11.2 Å². The molecule has 2 rings (SSSR count).